The van der Waals surface area contributed by atoms with Crippen molar-refractivity contribution < 1.29 is 4.79 Å². The molecule has 26 heavy (non-hydrogen) atoms. The molecule has 0 bridgehead atoms. The number of amides is 1. The molecule has 3 rings (SSSR count). The van der Waals surface area contributed by atoms with E-state index in [2.05, 4.69) is 5.10 Å². The fourth-order valence-electron chi connectivity index (χ4n) is 3.52. The van der Waals surface area contributed by atoms with E-state index in [1.54, 1.807) is 10.7 Å². The van der Waals surface area contributed by atoms with E-state index in [9.17, 15) is 9.59 Å². The van der Waals surface area contributed by atoms with E-state index >= 15 is 0 Å². The van der Waals surface area contributed by atoms with Crippen LogP contribution in [0.1, 0.15) is 44.7 Å². The number of benzene rings is 1. The van der Waals surface area contributed by atoms with Gasteiger partial charge in [0.25, 0.3) is 5.56 Å². The summed E-state index contributed by atoms with van der Waals surface area (Å²) in [5, 5.41) is 4.69. The van der Waals surface area contributed by atoms with Crippen LogP contribution in [-0.2, 0) is 4.79 Å². The van der Waals surface area contributed by atoms with Gasteiger partial charge in [-0.15, -0.1) is 0 Å². The number of aryl methyl sites for hydroxylation is 1. The van der Waals surface area contributed by atoms with Crippen LogP contribution >= 0.6 is 0 Å². The van der Waals surface area contributed by atoms with Crippen LogP contribution in [0.2, 0.25) is 0 Å². The molecule has 5 heteroatoms. The maximum absolute atomic E-state index is 12.5. The van der Waals surface area contributed by atoms with Crippen LogP contribution in [0.5, 0.6) is 0 Å². The van der Waals surface area contributed by atoms with Crippen LogP contribution in [0, 0.1) is 12.8 Å². The summed E-state index contributed by atoms with van der Waals surface area (Å²) in [6.07, 6.45) is 2.40. The Morgan fingerprint density at radius 2 is 1.88 bits per heavy atom. The van der Waals surface area contributed by atoms with Gasteiger partial charge in [0.15, 0.2) is 0 Å². The topological polar surface area (TPSA) is 55.2 Å². The zero-order valence-corrected chi connectivity index (χ0v) is 15.8. The first-order valence-corrected chi connectivity index (χ1v) is 9.46. The van der Waals surface area contributed by atoms with Crippen LogP contribution in [0.15, 0.2) is 41.2 Å². The first-order chi connectivity index (χ1) is 12.5. The Bertz CT molecular complexity index is 821. The van der Waals surface area contributed by atoms with Crippen molar-refractivity contribution in [3.63, 3.8) is 0 Å². The molecule has 5 nitrogen and oxygen atoms in total. The summed E-state index contributed by atoms with van der Waals surface area (Å²) in [6.45, 7) is 7.32. The molecule has 2 aromatic rings. The van der Waals surface area contributed by atoms with Crippen molar-refractivity contribution >= 4 is 5.91 Å². The number of hydrogen-bond donors (Lipinski definition) is 0. The lowest BCUT2D eigenvalue weighted by Gasteiger charge is -2.33. The third-order valence-corrected chi connectivity index (χ3v) is 5.35. The monoisotopic (exact) mass is 353 g/mol. The molecular weight excluding hydrogens is 326 g/mol. The molecule has 1 aromatic heterocycles. The molecule has 1 aliphatic rings. The second-order valence-corrected chi connectivity index (χ2v) is 7.19. The lowest BCUT2D eigenvalue weighted by atomic mass is 10.0. The lowest BCUT2D eigenvalue weighted by Crippen LogP contribution is -2.43. The minimum atomic E-state index is -0.0612. The fraction of sp³-hybridized carbons (Fsp3) is 0.476. The first kappa shape index (κ1) is 18.4. The first-order valence-electron chi connectivity index (χ1n) is 9.46. The molecule has 1 unspecified atom stereocenters. The maximum atomic E-state index is 12.5. The van der Waals surface area contributed by atoms with E-state index < -0.39 is 0 Å². The Hall–Kier alpha value is -2.43. The summed E-state index contributed by atoms with van der Waals surface area (Å²) >= 11 is 0. The summed E-state index contributed by atoms with van der Waals surface area (Å²) in [5.41, 5.74) is 2.70. The van der Waals surface area contributed by atoms with Gasteiger partial charge in [-0.25, -0.2) is 4.68 Å². The minimum Gasteiger partial charge on any atom is -0.342 e. The number of hydrogen-bond acceptors (Lipinski definition) is 3. The standard InChI is InChI=1S/C21H27N3O2/c1-4-15(2)21(26)23-12-10-18(11-13-23)24-19(25)14-16(3)20(22-24)17-8-6-5-7-9-17/h5-9,14-15,18H,4,10-13H2,1-3H3. The smallest absolute Gasteiger partial charge is 0.267 e. The molecule has 138 valence electrons. The van der Waals surface area contributed by atoms with E-state index in [1.807, 2.05) is 56.0 Å². The zero-order chi connectivity index (χ0) is 18.7. The van der Waals surface area contributed by atoms with Gasteiger partial charge in [0.1, 0.15) is 0 Å². The molecule has 0 aliphatic carbocycles. The second-order valence-electron chi connectivity index (χ2n) is 7.19. The van der Waals surface area contributed by atoms with Gasteiger partial charge in [-0.1, -0.05) is 44.2 Å². The van der Waals surface area contributed by atoms with Crippen molar-refractivity contribution in [1.29, 1.82) is 0 Å². The number of carbonyl (C=O) groups is 1. The number of likely N-dealkylation sites (tertiary alicyclic amines) is 1. The minimum absolute atomic E-state index is 0.0477. The van der Waals surface area contributed by atoms with Gasteiger partial charge in [-0.05, 0) is 31.7 Å². The Morgan fingerprint density at radius 3 is 2.50 bits per heavy atom. The van der Waals surface area contributed by atoms with Crippen molar-refractivity contribution in [3.05, 3.63) is 52.3 Å². The summed E-state index contributed by atoms with van der Waals surface area (Å²) in [6, 6.07) is 11.7. The molecule has 1 saturated heterocycles. The van der Waals surface area contributed by atoms with Gasteiger partial charge in [0, 0.05) is 30.6 Å². The Labute approximate surface area is 154 Å². The highest BCUT2D eigenvalue weighted by Crippen LogP contribution is 2.24. The molecule has 0 spiro atoms. The van der Waals surface area contributed by atoms with E-state index in [0.29, 0.717) is 13.1 Å². The van der Waals surface area contributed by atoms with E-state index in [1.165, 1.54) is 0 Å². The maximum Gasteiger partial charge on any atom is 0.267 e. The molecule has 0 saturated carbocycles. The van der Waals surface area contributed by atoms with Crippen LogP contribution in [0.4, 0.5) is 0 Å². The number of rotatable bonds is 4. The lowest BCUT2D eigenvalue weighted by molar-refractivity contribution is -0.136. The molecule has 0 N–H and O–H groups in total. The molecular formula is C21H27N3O2. The third-order valence-electron chi connectivity index (χ3n) is 5.35. The predicted molar refractivity (Wildman–Crippen MR) is 103 cm³/mol. The SMILES string of the molecule is CCC(C)C(=O)N1CCC(n2nc(-c3ccccc3)c(C)cc2=O)CC1. The molecule has 0 radical (unpaired) electrons. The Balaban J connectivity index is 1.81. The summed E-state index contributed by atoms with van der Waals surface area (Å²) in [7, 11) is 0. The van der Waals surface area contributed by atoms with Crippen molar-refractivity contribution in [2.45, 2.75) is 46.1 Å². The summed E-state index contributed by atoms with van der Waals surface area (Å²) < 4.78 is 1.63. The number of piperidine rings is 1. The van der Waals surface area contributed by atoms with Gasteiger partial charge in [-0.3, -0.25) is 9.59 Å². The Morgan fingerprint density at radius 1 is 1.23 bits per heavy atom. The third kappa shape index (κ3) is 3.71. The Kier molecular flexibility index (Phi) is 5.55. The average Bonchev–Trinajstić information content (AvgIpc) is 2.68. The van der Waals surface area contributed by atoms with Crippen molar-refractivity contribution in [3.8, 4) is 11.3 Å². The number of aromatic nitrogens is 2. The van der Waals surface area contributed by atoms with Crippen molar-refractivity contribution in [2.24, 2.45) is 5.92 Å². The van der Waals surface area contributed by atoms with Gasteiger partial charge in [0.2, 0.25) is 5.91 Å². The fourth-order valence-corrected chi connectivity index (χ4v) is 3.52. The quantitative estimate of drug-likeness (QED) is 0.846. The number of nitrogens with zero attached hydrogens (tertiary/aromatic N) is 3. The van der Waals surface area contributed by atoms with Crippen molar-refractivity contribution in [2.75, 3.05) is 13.1 Å². The molecule has 1 fully saturated rings. The van der Waals surface area contributed by atoms with E-state index in [0.717, 1.165) is 36.1 Å². The highest BCUT2D eigenvalue weighted by Gasteiger charge is 2.27. The molecule has 1 atom stereocenters. The normalized spacial score (nSPS) is 16.5. The molecule has 2 heterocycles. The van der Waals surface area contributed by atoms with E-state index in [-0.39, 0.29) is 23.4 Å². The highest BCUT2D eigenvalue weighted by molar-refractivity contribution is 5.78. The van der Waals surface area contributed by atoms with Crippen LogP contribution in [-0.4, -0.2) is 33.7 Å². The zero-order valence-electron chi connectivity index (χ0n) is 15.8. The van der Waals surface area contributed by atoms with Gasteiger partial charge >= 0.3 is 0 Å². The predicted octanol–water partition coefficient (Wildman–Crippen LogP) is 3.43. The van der Waals surface area contributed by atoms with Gasteiger partial charge < -0.3 is 4.90 Å². The largest absolute Gasteiger partial charge is 0.342 e. The van der Waals surface area contributed by atoms with Crippen LogP contribution < -0.4 is 5.56 Å². The second kappa shape index (κ2) is 7.85. The molecule has 1 amide bonds. The van der Waals surface area contributed by atoms with Crippen molar-refractivity contribution in [1.82, 2.24) is 14.7 Å². The highest BCUT2D eigenvalue weighted by atomic mass is 16.2. The van der Waals surface area contributed by atoms with Gasteiger partial charge in [-0.2, -0.15) is 5.10 Å². The number of carbonyl (C=O) groups excluding carboxylic acids is 1. The van der Waals surface area contributed by atoms with Crippen LogP contribution in [0.3, 0.4) is 0 Å². The van der Waals surface area contributed by atoms with E-state index in [4.69, 9.17) is 0 Å². The summed E-state index contributed by atoms with van der Waals surface area (Å²) in [4.78, 5) is 26.8. The molecule has 1 aliphatic heterocycles. The van der Waals surface area contributed by atoms with Gasteiger partial charge in [0.05, 0.1) is 11.7 Å². The van der Waals surface area contributed by atoms with Crippen LogP contribution in [0.25, 0.3) is 11.3 Å². The summed E-state index contributed by atoms with van der Waals surface area (Å²) in [5.74, 6) is 0.289. The molecule has 1 aromatic carbocycles. The average molecular weight is 353 g/mol.